The van der Waals surface area contributed by atoms with Crippen LogP contribution in [0.15, 0.2) is 10.8 Å². The zero-order valence-corrected chi connectivity index (χ0v) is 11.6. The van der Waals surface area contributed by atoms with Gasteiger partial charge in [-0.3, -0.25) is 0 Å². The average Bonchev–Trinajstić information content (AvgIpc) is 2.67. The minimum Gasteiger partial charge on any atom is -0.313 e. The fourth-order valence-corrected chi connectivity index (χ4v) is 3.26. The summed E-state index contributed by atoms with van der Waals surface area (Å²) in [4.78, 5) is 0. The third kappa shape index (κ3) is 4.41. The highest BCUT2D eigenvalue weighted by Gasteiger charge is 2.10. The molecule has 1 unspecified atom stereocenters. The van der Waals surface area contributed by atoms with Gasteiger partial charge in [-0.2, -0.15) is 11.3 Å². The number of aryl methyl sites for hydroxylation is 1. The van der Waals surface area contributed by atoms with Crippen molar-refractivity contribution in [1.29, 1.82) is 0 Å². The van der Waals surface area contributed by atoms with Crippen LogP contribution in [0.5, 0.6) is 0 Å². The van der Waals surface area contributed by atoms with Crippen LogP contribution < -0.4 is 10.6 Å². The van der Waals surface area contributed by atoms with Crippen molar-refractivity contribution in [2.45, 2.75) is 51.6 Å². The molecule has 0 spiro atoms. The average molecular weight is 252 g/mol. The van der Waals surface area contributed by atoms with Gasteiger partial charge in [0.1, 0.15) is 0 Å². The Hall–Kier alpha value is -0.380. The first-order valence-corrected chi connectivity index (χ1v) is 7.76. The Morgan fingerprint density at radius 1 is 1.29 bits per heavy atom. The van der Waals surface area contributed by atoms with Gasteiger partial charge in [-0.25, -0.2) is 0 Å². The van der Waals surface area contributed by atoms with Gasteiger partial charge in [0.2, 0.25) is 0 Å². The molecule has 96 valence electrons. The summed E-state index contributed by atoms with van der Waals surface area (Å²) < 4.78 is 0. The summed E-state index contributed by atoms with van der Waals surface area (Å²) in [7, 11) is 0. The second-order valence-corrected chi connectivity index (χ2v) is 5.81. The summed E-state index contributed by atoms with van der Waals surface area (Å²) in [5.74, 6) is 0. The third-order valence-electron chi connectivity index (χ3n) is 3.58. The number of rotatable bonds is 4. The molecular formula is C14H24N2S. The first kappa shape index (κ1) is 13.1. The second kappa shape index (κ2) is 7.14. The van der Waals surface area contributed by atoms with Crippen molar-refractivity contribution in [3.8, 4) is 0 Å². The van der Waals surface area contributed by atoms with Crippen LogP contribution in [0.3, 0.4) is 0 Å². The minimum absolute atomic E-state index is 0.675. The lowest BCUT2D eigenvalue weighted by atomic mass is 10.0. The van der Waals surface area contributed by atoms with E-state index in [0.29, 0.717) is 6.04 Å². The molecule has 2 heterocycles. The van der Waals surface area contributed by atoms with Crippen molar-refractivity contribution < 1.29 is 0 Å². The molecule has 0 radical (unpaired) electrons. The highest BCUT2D eigenvalue weighted by atomic mass is 32.1. The van der Waals surface area contributed by atoms with Crippen LogP contribution in [-0.4, -0.2) is 19.1 Å². The molecule has 1 saturated heterocycles. The summed E-state index contributed by atoms with van der Waals surface area (Å²) in [6.07, 6.45) is 6.88. The molecule has 1 aromatic heterocycles. The largest absolute Gasteiger partial charge is 0.313 e. The van der Waals surface area contributed by atoms with Gasteiger partial charge in [0.15, 0.2) is 0 Å². The van der Waals surface area contributed by atoms with E-state index in [1.807, 2.05) is 0 Å². The van der Waals surface area contributed by atoms with Crippen LogP contribution >= 0.6 is 11.3 Å². The highest BCUT2D eigenvalue weighted by Crippen LogP contribution is 2.13. The molecule has 2 rings (SSSR count). The number of hydrogen-bond acceptors (Lipinski definition) is 3. The lowest BCUT2D eigenvalue weighted by molar-refractivity contribution is 0.398. The summed E-state index contributed by atoms with van der Waals surface area (Å²) in [6, 6.07) is 0.675. The topological polar surface area (TPSA) is 24.1 Å². The molecule has 0 aromatic carbocycles. The van der Waals surface area contributed by atoms with Gasteiger partial charge in [0.25, 0.3) is 0 Å². The van der Waals surface area contributed by atoms with Gasteiger partial charge in [-0.1, -0.05) is 19.3 Å². The van der Waals surface area contributed by atoms with E-state index < -0.39 is 0 Å². The van der Waals surface area contributed by atoms with Crippen LogP contribution in [0.1, 0.15) is 43.2 Å². The number of hydrogen-bond donors (Lipinski definition) is 2. The molecule has 0 aliphatic carbocycles. The van der Waals surface area contributed by atoms with Crippen LogP contribution in [0.25, 0.3) is 0 Å². The predicted octanol–water partition coefficient (Wildman–Crippen LogP) is 3.07. The molecule has 2 nitrogen and oxygen atoms in total. The minimum atomic E-state index is 0.675. The van der Waals surface area contributed by atoms with Crippen molar-refractivity contribution in [3.63, 3.8) is 0 Å². The standard InChI is InChI=1S/C14H24N2S/c1-12-10-17-11-13(12)8-15-9-14-6-4-2-3-5-7-16-14/h10-11,14-16H,2-9H2,1H3. The molecular weight excluding hydrogens is 228 g/mol. The smallest absolute Gasteiger partial charge is 0.0217 e. The monoisotopic (exact) mass is 252 g/mol. The Kier molecular flexibility index (Phi) is 5.49. The Morgan fingerprint density at radius 3 is 3.00 bits per heavy atom. The summed E-state index contributed by atoms with van der Waals surface area (Å²) in [6.45, 7) is 5.52. The number of thiophene rings is 1. The zero-order valence-electron chi connectivity index (χ0n) is 10.8. The van der Waals surface area contributed by atoms with Gasteiger partial charge in [-0.05, 0) is 48.2 Å². The van der Waals surface area contributed by atoms with E-state index >= 15 is 0 Å². The third-order valence-corrected chi connectivity index (χ3v) is 4.49. The summed E-state index contributed by atoms with van der Waals surface area (Å²) >= 11 is 1.80. The van der Waals surface area contributed by atoms with Gasteiger partial charge >= 0.3 is 0 Å². The van der Waals surface area contributed by atoms with E-state index in [2.05, 4.69) is 28.3 Å². The van der Waals surface area contributed by atoms with Crippen LogP contribution in [0.4, 0.5) is 0 Å². The van der Waals surface area contributed by atoms with Gasteiger partial charge in [-0.15, -0.1) is 0 Å². The van der Waals surface area contributed by atoms with E-state index in [-0.39, 0.29) is 0 Å². The fourth-order valence-electron chi connectivity index (χ4n) is 2.40. The Labute approximate surface area is 109 Å². The molecule has 17 heavy (non-hydrogen) atoms. The van der Waals surface area contributed by atoms with Crippen molar-refractivity contribution in [1.82, 2.24) is 10.6 Å². The van der Waals surface area contributed by atoms with E-state index in [1.165, 1.54) is 49.8 Å². The van der Waals surface area contributed by atoms with Crippen molar-refractivity contribution in [2.24, 2.45) is 0 Å². The Balaban J connectivity index is 1.68. The van der Waals surface area contributed by atoms with Gasteiger partial charge in [0.05, 0.1) is 0 Å². The molecule has 1 aliphatic rings. The van der Waals surface area contributed by atoms with E-state index in [0.717, 1.165) is 13.1 Å². The van der Waals surface area contributed by atoms with Crippen molar-refractivity contribution in [3.05, 3.63) is 21.9 Å². The van der Waals surface area contributed by atoms with Crippen molar-refractivity contribution in [2.75, 3.05) is 13.1 Å². The van der Waals surface area contributed by atoms with Crippen LogP contribution in [0, 0.1) is 6.92 Å². The quantitative estimate of drug-likeness (QED) is 0.860. The molecule has 1 aliphatic heterocycles. The highest BCUT2D eigenvalue weighted by molar-refractivity contribution is 7.08. The lowest BCUT2D eigenvalue weighted by Gasteiger charge is -2.21. The molecule has 0 bridgehead atoms. The fraction of sp³-hybridized carbons (Fsp3) is 0.714. The van der Waals surface area contributed by atoms with E-state index in [1.54, 1.807) is 11.3 Å². The second-order valence-electron chi connectivity index (χ2n) is 5.06. The predicted molar refractivity (Wildman–Crippen MR) is 75.6 cm³/mol. The molecule has 1 aromatic rings. The van der Waals surface area contributed by atoms with E-state index in [4.69, 9.17) is 0 Å². The summed E-state index contributed by atoms with van der Waals surface area (Å²) in [5.41, 5.74) is 2.88. The maximum Gasteiger partial charge on any atom is 0.0217 e. The first-order valence-electron chi connectivity index (χ1n) is 6.82. The molecule has 0 amide bonds. The lowest BCUT2D eigenvalue weighted by Crippen LogP contribution is -2.39. The SMILES string of the molecule is Cc1cscc1CNCC1CCCCCCN1. The van der Waals surface area contributed by atoms with Crippen LogP contribution in [0.2, 0.25) is 0 Å². The molecule has 0 saturated carbocycles. The zero-order chi connectivity index (χ0) is 11.9. The summed E-state index contributed by atoms with van der Waals surface area (Å²) in [5, 5.41) is 11.7. The molecule has 2 N–H and O–H groups in total. The maximum atomic E-state index is 3.66. The van der Waals surface area contributed by atoms with Gasteiger partial charge < -0.3 is 10.6 Å². The Morgan fingerprint density at radius 2 is 2.18 bits per heavy atom. The van der Waals surface area contributed by atoms with Crippen LogP contribution in [-0.2, 0) is 6.54 Å². The van der Waals surface area contributed by atoms with Crippen molar-refractivity contribution >= 4 is 11.3 Å². The number of nitrogens with one attached hydrogen (secondary N) is 2. The maximum absolute atomic E-state index is 3.66. The molecule has 1 atom stereocenters. The molecule has 3 heteroatoms. The Bertz CT molecular complexity index is 314. The molecule has 1 fully saturated rings. The van der Waals surface area contributed by atoms with Gasteiger partial charge in [0, 0.05) is 19.1 Å². The first-order chi connectivity index (χ1) is 8.36. The normalized spacial score (nSPS) is 22.1. The van der Waals surface area contributed by atoms with E-state index in [9.17, 15) is 0 Å².